The molecule has 2 amide bonds. The third kappa shape index (κ3) is 3.99. The van der Waals surface area contributed by atoms with Crippen molar-refractivity contribution < 1.29 is 19.1 Å². The molecule has 7 nitrogen and oxygen atoms in total. The van der Waals surface area contributed by atoms with Crippen LogP contribution in [-0.4, -0.2) is 39.2 Å². The zero-order valence-electron chi connectivity index (χ0n) is 17.3. The molecule has 33 heavy (non-hydrogen) atoms. The second kappa shape index (κ2) is 8.68. The Labute approximate surface area is 193 Å². The summed E-state index contributed by atoms with van der Waals surface area (Å²) < 4.78 is 6.92. The standard InChI is InChI=1S/C25H17N3O4S/c29-22(32-16-27-24(30)19-9-4-5-10-20(19)25(27)31)13-12-17-15-28(18-7-2-1-3-8-18)26-23(17)21-11-6-14-33-21/h1-15H,16H2/b13-12+. The zero-order valence-corrected chi connectivity index (χ0v) is 18.1. The van der Waals surface area contributed by atoms with Crippen LogP contribution in [-0.2, 0) is 9.53 Å². The Balaban J connectivity index is 1.32. The van der Waals surface area contributed by atoms with E-state index in [0.717, 1.165) is 26.7 Å². The fraction of sp³-hybridized carbons (Fsp3) is 0.0400. The van der Waals surface area contributed by atoms with Gasteiger partial charge in [0.05, 0.1) is 21.7 Å². The third-order valence-corrected chi connectivity index (χ3v) is 6.01. The average molecular weight is 455 g/mol. The molecular formula is C25H17N3O4S. The Hall–Kier alpha value is -4.30. The van der Waals surface area contributed by atoms with Crippen molar-refractivity contribution in [2.24, 2.45) is 0 Å². The molecule has 3 heterocycles. The van der Waals surface area contributed by atoms with Gasteiger partial charge in [0.25, 0.3) is 11.8 Å². The maximum Gasteiger partial charge on any atom is 0.332 e. The fourth-order valence-electron chi connectivity index (χ4n) is 3.52. The van der Waals surface area contributed by atoms with Crippen LogP contribution in [0.3, 0.4) is 0 Å². The second-order valence-corrected chi connectivity index (χ2v) is 8.15. The first-order valence-electron chi connectivity index (χ1n) is 10.1. The van der Waals surface area contributed by atoms with Crippen molar-refractivity contribution in [1.82, 2.24) is 14.7 Å². The van der Waals surface area contributed by atoms with Gasteiger partial charge in [-0.3, -0.25) is 9.59 Å². The number of hydrogen-bond acceptors (Lipinski definition) is 6. The van der Waals surface area contributed by atoms with Crippen LogP contribution >= 0.6 is 11.3 Å². The van der Waals surface area contributed by atoms with E-state index in [0.29, 0.717) is 11.1 Å². The summed E-state index contributed by atoms with van der Waals surface area (Å²) in [5.74, 6) is -1.62. The van der Waals surface area contributed by atoms with Crippen molar-refractivity contribution in [3.63, 3.8) is 0 Å². The molecule has 0 fully saturated rings. The van der Waals surface area contributed by atoms with Gasteiger partial charge in [-0.15, -0.1) is 11.3 Å². The van der Waals surface area contributed by atoms with E-state index in [1.165, 1.54) is 6.08 Å². The maximum absolute atomic E-state index is 12.4. The highest BCUT2D eigenvalue weighted by Gasteiger charge is 2.35. The highest BCUT2D eigenvalue weighted by atomic mass is 32.1. The topological polar surface area (TPSA) is 81.5 Å². The minimum absolute atomic E-state index is 0.308. The van der Waals surface area contributed by atoms with Crippen LogP contribution in [0.25, 0.3) is 22.3 Å². The number of benzene rings is 2. The molecule has 0 N–H and O–H groups in total. The van der Waals surface area contributed by atoms with E-state index in [9.17, 15) is 14.4 Å². The highest BCUT2D eigenvalue weighted by Crippen LogP contribution is 2.28. The van der Waals surface area contributed by atoms with Crippen LogP contribution in [0.1, 0.15) is 26.3 Å². The Bertz CT molecular complexity index is 1340. The maximum atomic E-state index is 12.4. The molecular weight excluding hydrogens is 438 g/mol. The first kappa shape index (κ1) is 20.6. The molecule has 0 unspecified atom stereocenters. The summed E-state index contributed by atoms with van der Waals surface area (Å²) in [5.41, 5.74) is 2.98. The number of nitrogens with zero attached hydrogens (tertiary/aromatic N) is 3. The van der Waals surface area contributed by atoms with E-state index in [4.69, 9.17) is 4.74 Å². The molecule has 0 saturated heterocycles. The lowest BCUT2D eigenvalue weighted by atomic mass is 10.1. The Morgan fingerprint density at radius 2 is 1.64 bits per heavy atom. The lowest BCUT2D eigenvalue weighted by Gasteiger charge is -2.12. The number of aromatic nitrogens is 2. The van der Waals surface area contributed by atoms with Crippen LogP contribution in [0.4, 0.5) is 0 Å². The number of rotatable bonds is 6. The number of esters is 1. The average Bonchev–Trinajstić information content (AvgIpc) is 3.57. The SMILES string of the molecule is O=C(/C=C/c1cn(-c2ccccc2)nc1-c1cccs1)OCN1C(=O)c2ccccc2C1=O. The predicted octanol–water partition coefficient (Wildman–Crippen LogP) is 4.41. The van der Waals surface area contributed by atoms with Gasteiger partial charge in [0.2, 0.25) is 0 Å². The molecule has 0 spiro atoms. The fourth-order valence-corrected chi connectivity index (χ4v) is 4.25. The Morgan fingerprint density at radius 1 is 0.939 bits per heavy atom. The molecule has 0 atom stereocenters. The van der Waals surface area contributed by atoms with Crippen molar-refractivity contribution >= 4 is 35.2 Å². The van der Waals surface area contributed by atoms with E-state index in [-0.39, 0.29) is 0 Å². The summed E-state index contributed by atoms with van der Waals surface area (Å²) in [5, 5.41) is 6.64. The Morgan fingerprint density at radius 3 is 2.30 bits per heavy atom. The van der Waals surface area contributed by atoms with Gasteiger partial charge >= 0.3 is 5.97 Å². The van der Waals surface area contributed by atoms with E-state index < -0.39 is 24.5 Å². The first-order chi connectivity index (χ1) is 16.1. The third-order valence-electron chi connectivity index (χ3n) is 5.13. The van der Waals surface area contributed by atoms with E-state index in [1.807, 2.05) is 54.0 Å². The number of hydrogen-bond donors (Lipinski definition) is 0. The number of amides is 2. The largest absolute Gasteiger partial charge is 0.441 e. The molecule has 1 aliphatic heterocycles. The van der Waals surface area contributed by atoms with Gasteiger partial charge in [0, 0.05) is 17.8 Å². The second-order valence-electron chi connectivity index (χ2n) is 7.20. The van der Waals surface area contributed by atoms with Gasteiger partial charge in [-0.1, -0.05) is 36.4 Å². The normalized spacial score (nSPS) is 13.0. The molecule has 0 aliphatic carbocycles. The van der Waals surface area contributed by atoms with Gasteiger partial charge in [0.15, 0.2) is 6.73 Å². The van der Waals surface area contributed by atoms with Crippen LogP contribution in [0.15, 0.2) is 84.4 Å². The molecule has 5 rings (SSSR count). The van der Waals surface area contributed by atoms with Crippen molar-refractivity contribution in [3.8, 4) is 16.3 Å². The number of ether oxygens (including phenoxy) is 1. The predicted molar refractivity (Wildman–Crippen MR) is 124 cm³/mol. The monoisotopic (exact) mass is 455 g/mol. The van der Waals surface area contributed by atoms with Gasteiger partial charge < -0.3 is 4.74 Å². The minimum Gasteiger partial charge on any atom is -0.441 e. The molecule has 0 bridgehead atoms. The molecule has 8 heteroatoms. The first-order valence-corrected chi connectivity index (χ1v) is 11.0. The summed E-state index contributed by atoms with van der Waals surface area (Å²) >= 11 is 1.55. The van der Waals surface area contributed by atoms with Gasteiger partial charge in [-0.2, -0.15) is 5.10 Å². The Kier molecular flexibility index (Phi) is 5.42. The van der Waals surface area contributed by atoms with Crippen molar-refractivity contribution in [1.29, 1.82) is 0 Å². The van der Waals surface area contributed by atoms with Gasteiger partial charge in [-0.05, 0) is 41.8 Å². The molecule has 2 aromatic carbocycles. The summed E-state index contributed by atoms with van der Waals surface area (Å²) in [4.78, 5) is 39.0. The lowest BCUT2D eigenvalue weighted by molar-refractivity contribution is -0.140. The summed E-state index contributed by atoms with van der Waals surface area (Å²) in [7, 11) is 0. The molecule has 0 radical (unpaired) electrons. The molecule has 162 valence electrons. The number of carbonyl (C=O) groups is 3. The van der Waals surface area contributed by atoms with Crippen LogP contribution in [0.2, 0.25) is 0 Å². The molecule has 4 aromatic rings. The van der Waals surface area contributed by atoms with Crippen molar-refractivity contribution in [2.75, 3.05) is 6.73 Å². The van der Waals surface area contributed by atoms with Gasteiger partial charge in [0.1, 0.15) is 5.69 Å². The van der Waals surface area contributed by atoms with E-state index >= 15 is 0 Å². The number of carbonyl (C=O) groups excluding carboxylic acids is 3. The molecule has 0 saturated carbocycles. The zero-order chi connectivity index (χ0) is 22.8. The van der Waals surface area contributed by atoms with Crippen molar-refractivity contribution in [3.05, 3.63) is 101 Å². The number of fused-ring (bicyclic) bond motifs is 1. The van der Waals surface area contributed by atoms with E-state index in [1.54, 1.807) is 46.4 Å². The van der Waals surface area contributed by atoms with Gasteiger partial charge in [-0.25, -0.2) is 14.4 Å². The quantitative estimate of drug-likeness (QED) is 0.244. The van der Waals surface area contributed by atoms with Crippen molar-refractivity contribution in [2.45, 2.75) is 0 Å². The number of thiophene rings is 1. The summed E-state index contributed by atoms with van der Waals surface area (Å²) in [6.07, 6.45) is 4.71. The molecule has 2 aromatic heterocycles. The summed E-state index contributed by atoms with van der Waals surface area (Å²) in [6, 6.07) is 20.1. The minimum atomic E-state index is -0.670. The lowest BCUT2D eigenvalue weighted by Crippen LogP contribution is -2.32. The molecule has 1 aliphatic rings. The van der Waals surface area contributed by atoms with Crippen LogP contribution in [0, 0.1) is 0 Å². The highest BCUT2D eigenvalue weighted by molar-refractivity contribution is 7.13. The summed E-state index contributed by atoms with van der Waals surface area (Å²) in [6.45, 7) is -0.448. The van der Waals surface area contributed by atoms with Crippen LogP contribution < -0.4 is 0 Å². The van der Waals surface area contributed by atoms with E-state index in [2.05, 4.69) is 5.10 Å². The smallest absolute Gasteiger partial charge is 0.332 e. The number of imide groups is 1. The number of para-hydroxylation sites is 1. The van der Waals surface area contributed by atoms with Crippen LogP contribution in [0.5, 0.6) is 0 Å².